The van der Waals surface area contributed by atoms with Crippen molar-refractivity contribution in [2.75, 3.05) is 19.4 Å². The quantitative estimate of drug-likeness (QED) is 0.718. The maximum atomic E-state index is 12.9. The Labute approximate surface area is 165 Å². The van der Waals surface area contributed by atoms with Crippen LogP contribution in [0.4, 0.5) is 18.9 Å². The molecule has 0 fully saturated rings. The molecule has 0 unspecified atom stereocenters. The second kappa shape index (κ2) is 8.34. The van der Waals surface area contributed by atoms with Gasteiger partial charge in [-0.15, -0.1) is 0 Å². The van der Waals surface area contributed by atoms with Crippen LogP contribution in [0.1, 0.15) is 11.1 Å². The third-order valence-corrected chi connectivity index (χ3v) is 5.74. The number of anilines is 1. The van der Waals surface area contributed by atoms with Crippen molar-refractivity contribution in [2.24, 2.45) is 0 Å². The number of halogens is 4. The van der Waals surface area contributed by atoms with Crippen molar-refractivity contribution in [3.05, 3.63) is 64.7 Å². The first-order chi connectivity index (χ1) is 12.9. The monoisotopic (exact) mass is 432 g/mol. The van der Waals surface area contributed by atoms with Gasteiger partial charge in [-0.05, 0) is 42.0 Å². The van der Waals surface area contributed by atoms with Crippen LogP contribution in [-0.2, 0) is 21.0 Å². The van der Waals surface area contributed by atoms with Crippen LogP contribution in [0.25, 0.3) is 6.08 Å². The molecule has 0 aliphatic carbocycles. The van der Waals surface area contributed by atoms with Gasteiger partial charge in [0.2, 0.25) is 15.9 Å². The minimum atomic E-state index is -4.61. The molecule has 2 rings (SSSR count). The highest BCUT2D eigenvalue weighted by molar-refractivity contribution is 7.89. The fourth-order valence-corrected chi connectivity index (χ4v) is 3.34. The Morgan fingerprint density at radius 3 is 2.43 bits per heavy atom. The third-order valence-electron chi connectivity index (χ3n) is 3.60. The Kier molecular flexibility index (Phi) is 6.53. The molecule has 0 saturated carbocycles. The Morgan fingerprint density at radius 1 is 1.14 bits per heavy atom. The molecule has 2 aromatic carbocycles. The number of carbonyl (C=O) groups excluding carboxylic acids is 1. The number of hydrogen-bond donors (Lipinski definition) is 1. The molecule has 0 saturated heterocycles. The van der Waals surface area contributed by atoms with Gasteiger partial charge in [0.1, 0.15) is 0 Å². The second-order valence-corrected chi connectivity index (χ2v) is 8.43. The van der Waals surface area contributed by atoms with Crippen LogP contribution in [0.3, 0.4) is 0 Å². The van der Waals surface area contributed by atoms with E-state index in [1.54, 1.807) is 0 Å². The minimum absolute atomic E-state index is 0.00759. The van der Waals surface area contributed by atoms with E-state index >= 15 is 0 Å². The van der Waals surface area contributed by atoms with Gasteiger partial charge in [0.15, 0.2) is 0 Å². The smallest absolute Gasteiger partial charge is 0.322 e. The molecule has 0 spiro atoms. The molecule has 28 heavy (non-hydrogen) atoms. The standard InChI is InChI=1S/C18H16ClF3N2O3S/c1-24(2)28(26,27)14-5-3-4-13(11-14)23-17(25)9-7-12-6-8-16(19)15(10-12)18(20,21)22/h3-11H,1-2H3,(H,23,25)/b9-7+. The predicted octanol–water partition coefficient (Wildman–Crippen LogP) is 4.26. The Bertz CT molecular complexity index is 1020. The maximum Gasteiger partial charge on any atom is 0.417 e. The molecule has 0 bridgehead atoms. The van der Waals surface area contributed by atoms with Gasteiger partial charge in [-0.1, -0.05) is 23.7 Å². The van der Waals surface area contributed by atoms with Crippen molar-refractivity contribution < 1.29 is 26.4 Å². The zero-order valence-corrected chi connectivity index (χ0v) is 16.4. The summed E-state index contributed by atoms with van der Waals surface area (Å²) < 4.78 is 63.9. The lowest BCUT2D eigenvalue weighted by Gasteiger charge is -2.12. The normalized spacial score (nSPS) is 12.5. The molecule has 10 heteroatoms. The third kappa shape index (κ3) is 5.34. The molecule has 5 nitrogen and oxygen atoms in total. The number of benzene rings is 2. The van der Waals surface area contributed by atoms with Gasteiger partial charge in [-0.2, -0.15) is 13.2 Å². The molecular formula is C18H16ClF3N2O3S. The number of sulfonamides is 1. The number of alkyl halides is 3. The highest BCUT2D eigenvalue weighted by Gasteiger charge is 2.33. The lowest BCUT2D eigenvalue weighted by Crippen LogP contribution is -2.22. The molecule has 150 valence electrons. The van der Waals surface area contributed by atoms with Crippen LogP contribution in [-0.4, -0.2) is 32.7 Å². The molecule has 0 aliphatic rings. The zero-order valence-electron chi connectivity index (χ0n) is 14.8. The molecule has 0 radical (unpaired) electrons. The van der Waals surface area contributed by atoms with Gasteiger partial charge < -0.3 is 5.32 Å². The van der Waals surface area contributed by atoms with E-state index in [9.17, 15) is 26.4 Å². The van der Waals surface area contributed by atoms with Crippen molar-refractivity contribution in [1.29, 1.82) is 0 Å². The summed E-state index contributed by atoms with van der Waals surface area (Å²) >= 11 is 5.55. The molecule has 0 atom stereocenters. The SMILES string of the molecule is CN(C)S(=O)(=O)c1cccc(NC(=O)/C=C/c2ccc(Cl)c(C(F)(F)F)c2)c1. The maximum absolute atomic E-state index is 12.9. The first-order valence-corrected chi connectivity index (χ1v) is 9.61. The van der Waals surface area contributed by atoms with Gasteiger partial charge in [0, 0.05) is 25.9 Å². The average Bonchev–Trinajstić information content (AvgIpc) is 2.60. The molecular weight excluding hydrogens is 417 g/mol. The van der Waals surface area contributed by atoms with Crippen LogP contribution >= 0.6 is 11.6 Å². The molecule has 0 aliphatic heterocycles. The van der Waals surface area contributed by atoms with Crippen molar-refractivity contribution in [1.82, 2.24) is 4.31 Å². The summed E-state index contributed by atoms with van der Waals surface area (Å²) in [4.78, 5) is 12.0. The number of rotatable bonds is 5. The van der Waals surface area contributed by atoms with E-state index < -0.39 is 32.7 Å². The summed E-state index contributed by atoms with van der Waals surface area (Å²) in [6.45, 7) is 0. The summed E-state index contributed by atoms with van der Waals surface area (Å²) in [5, 5.41) is 2.03. The van der Waals surface area contributed by atoms with Crippen LogP contribution in [0.5, 0.6) is 0 Å². The number of hydrogen-bond acceptors (Lipinski definition) is 3. The summed E-state index contributed by atoms with van der Waals surface area (Å²) in [5.41, 5.74) is -0.640. The van der Waals surface area contributed by atoms with E-state index in [1.165, 1.54) is 50.5 Å². The first kappa shape index (κ1) is 21.9. The lowest BCUT2D eigenvalue weighted by molar-refractivity contribution is -0.137. The second-order valence-electron chi connectivity index (χ2n) is 5.87. The van der Waals surface area contributed by atoms with Gasteiger partial charge >= 0.3 is 6.18 Å². The Morgan fingerprint density at radius 2 is 1.82 bits per heavy atom. The van der Waals surface area contributed by atoms with Gasteiger partial charge in [0.05, 0.1) is 15.5 Å². The lowest BCUT2D eigenvalue weighted by atomic mass is 10.1. The van der Waals surface area contributed by atoms with E-state index in [0.29, 0.717) is 0 Å². The highest BCUT2D eigenvalue weighted by Crippen LogP contribution is 2.35. The summed E-state index contributed by atoms with van der Waals surface area (Å²) in [5.74, 6) is -0.636. The summed E-state index contributed by atoms with van der Waals surface area (Å²) in [7, 11) is -0.909. The number of carbonyl (C=O) groups is 1. The summed E-state index contributed by atoms with van der Waals surface area (Å²) in [6, 6.07) is 8.88. The molecule has 1 amide bonds. The van der Waals surface area contributed by atoms with Crippen LogP contribution in [0.2, 0.25) is 5.02 Å². The summed E-state index contributed by atoms with van der Waals surface area (Å²) in [6.07, 6.45) is -2.38. The van der Waals surface area contributed by atoms with Crippen molar-refractivity contribution >= 4 is 39.3 Å². The number of nitrogens with zero attached hydrogens (tertiary/aromatic N) is 1. The topological polar surface area (TPSA) is 66.5 Å². The predicted molar refractivity (Wildman–Crippen MR) is 101 cm³/mol. The van der Waals surface area contributed by atoms with Gasteiger partial charge in [0.25, 0.3) is 0 Å². The zero-order chi connectivity index (χ0) is 21.1. The average molecular weight is 433 g/mol. The number of amides is 1. The largest absolute Gasteiger partial charge is 0.417 e. The molecule has 0 heterocycles. The molecule has 2 aromatic rings. The van der Waals surface area contributed by atoms with Crippen LogP contribution in [0.15, 0.2) is 53.4 Å². The fourth-order valence-electron chi connectivity index (χ4n) is 2.16. The van der Waals surface area contributed by atoms with Crippen LogP contribution in [0, 0.1) is 0 Å². The minimum Gasteiger partial charge on any atom is -0.322 e. The van der Waals surface area contributed by atoms with E-state index in [1.807, 2.05) is 0 Å². The first-order valence-electron chi connectivity index (χ1n) is 7.79. The highest BCUT2D eigenvalue weighted by atomic mass is 35.5. The van der Waals surface area contributed by atoms with E-state index in [2.05, 4.69) is 5.32 Å². The van der Waals surface area contributed by atoms with Crippen LogP contribution < -0.4 is 5.32 Å². The Balaban J connectivity index is 2.17. The van der Waals surface area contributed by atoms with Crippen molar-refractivity contribution in [2.45, 2.75) is 11.1 Å². The molecule has 0 aromatic heterocycles. The Hall–Kier alpha value is -2.36. The van der Waals surface area contributed by atoms with Gasteiger partial charge in [-0.3, -0.25) is 4.79 Å². The van der Waals surface area contributed by atoms with E-state index in [-0.39, 0.29) is 16.1 Å². The van der Waals surface area contributed by atoms with Gasteiger partial charge in [-0.25, -0.2) is 12.7 Å². The fraction of sp³-hybridized carbons (Fsp3) is 0.167. The van der Waals surface area contributed by atoms with E-state index in [0.717, 1.165) is 22.5 Å². The van der Waals surface area contributed by atoms with Crippen molar-refractivity contribution in [3.63, 3.8) is 0 Å². The molecule has 1 N–H and O–H groups in total. The van der Waals surface area contributed by atoms with Crippen molar-refractivity contribution in [3.8, 4) is 0 Å². The number of nitrogens with one attached hydrogen (secondary N) is 1. The van der Waals surface area contributed by atoms with E-state index in [4.69, 9.17) is 11.6 Å².